The van der Waals surface area contributed by atoms with Crippen LogP contribution in [0.3, 0.4) is 0 Å². The molecule has 1 aromatic carbocycles. The Balaban J connectivity index is 2.64. The summed E-state index contributed by atoms with van der Waals surface area (Å²) in [4.78, 5) is 4.65. The van der Waals surface area contributed by atoms with Crippen LogP contribution in [-0.4, -0.2) is 12.1 Å². The number of hydrogen-bond donors (Lipinski definition) is 0. The number of rotatable bonds is 2. The molecule has 0 amide bonds. The average molecular weight is 221 g/mol. The van der Waals surface area contributed by atoms with E-state index in [1.807, 2.05) is 6.07 Å². The van der Waals surface area contributed by atoms with Gasteiger partial charge in [-0.1, -0.05) is 13.8 Å². The Kier molecular flexibility index (Phi) is 2.65. The van der Waals surface area contributed by atoms with Crippen molar-refractivity contribution in [1.29, 1.82) is 0 Å². The second kappa shape index (κ2) is 3.81. The van der Waals surface area contributed by atoms with E-state index in [4.69, 9.17) is 4.74 Å². The summed E-state index contributed by atoms with van der Waals surface area (Å²) in [6.07, 6.45) is 0. The van der Waals surface area contributed by atoms with Gasteiger partial charge in [-0.25, -0.2) is 4.98 Å². The molecule has 3 heteroatoms. The number of aryl methyl sites for hydroxylation is 1. The van der Waals surface area contributed by atoms with Crippen molar-refractivity contribution in [1.82, 2.24) is 4.98 Å². The SMILES string of the molecule is COc1cc(C)c2nc(C(C)C)sc2c1. The zero-order valence-corrected chi connectivity index (χ0v) is 10.3. The highest BCUT2D eigenvalue weighted by molar-refractivity contribution is 7.18. The van der Waals surface area contributed by atoms with Crippen molar-refractivity contribution in [2.75, 3.05) is 7.11 Å². The monoisotopic (exact) mass is 221 g/mol. The van der Waals surface area contributed by atoms with Crippen LogP contribution in [0.1, 0.15) is 30.3 Å². The van der Waals surface area contributed by atoms with Gasteiger partial charge in [0, 0.05) is 5.92 Å². The van der Waals surface area contributed by atoms with Crippen LogP contribution < -0.4 is 4.74 Å². The number of aromatic nitrogens is 1. The highest BCUT2D eigenvalue weighted by Gasteiger charge is 2.10. The number of ether oxygens (including phenoxy) is 1. The molecule has 2 rings (SSSR count). The Morgan fingerprint density at radius 2 is 2.07 bits per heavy atom. The minimum atomic E-state index is 0.493. The van der Waals surface area contributed by atoms with Gasteiger partial charge in [-0.2, -0.15) is 0 Å². The second-order valence-corrected chi connectivity index (χ2v) is 5.06. The molecule has 15 heavy (non-hydrogen) atoms. The van der Waals surface area contributed by atoms with Crippen LogP contribution in [0.15, 0.2) is 12.1 Å². The van der Waals surface area contributed by atoms with E-state index in [0.29, 0.717) is 5.92 Å². The summed E-state index contributed by atoms with van der Waals surface area (Å²) in [5.74, 6) is 1.41. The van der Waals surface area contributed by atoms with Gasteiger partial charge in [0.15, 0.2) is 0 Å². The summed E-state index contributed by atoms with van der Waals surface area (Å²) in [7, 11) is 1.70. The number of hydrogen-bond acceptors (Lipinski definition) is 3. The third-order valence-corrected chi connectivity index (χ3v) is 3.71. The predicted octanol–water partition coefficient (Wildman–Crippen LogP) is 3.74. The molecule has 0 aliphatic carbocycles. The fourth-order valence-corrected chi connectivity index (χ4v) is 2.62. The van der Waals surface area contributed by atoms with Crippen LogP contribution in [0.2, 0.25) is 0 Å². The third-order valence-electron chi connectivity index (χ3n) is 2.41. The molecular weight excluding hydrogens is 206 g/mol. The maximum absolute atomic E-state index is 5.25. The van der Waals surface area contributed by atoms with Gasteiger partial charge < -0.3 is 4.74 Å². The zero-order valence-electron chi connectivity index (χ0n) is 9.50. The van der Waals surface area contributed by atoms with Gasteiger partial charge in [0.2, 0.25) is 0 Å². The summed E-state index contributed by atoms with van der Waals surface area (Å²) < 4.78 is 6.47. The fraction of sp³-hybridized carbons (Fsp3) is 0.417. The molecule has 1 aromatic heterocycles. The molecule has 1 heterocycles. The summed E-state index contributed by atoms with van der Waals surface area (Å²) in [6, 6.07) is 4.10. The minimum Gasteiger partial charge on any atom is -0.497 e. The largest absolute Gasteiger partial charge is 0.497 e. The van der Waals surface area contributed by atoms with E-state index in [9.17, 15) is 0 Å². The summed E-state index contributed by atoms with van der Waals surface area (Å²) in [5.41, 5.74) is 2.30. The van der Waals surface area contributed by atoms with E-state index in [2.05, 4.69) is 31.8 Å². The summed E-state index contributed by atoms with van der Waals surface area (Å²) in [6.45, 7) is 6.42. The Morgan fingerprint density at radius 1 is 1.33 bits per heavy atom. The number of methoxy groups -OCH3 is 1. The van der Waals surface area contributed by atoms with Gasteiger partial charge in [0.05, 0.1) is 22.3 Å². The third kappa shape index (κ3) is 1.84. The molecule has 0 aliphatic rings. The quantitative estimate of drug-likeness (QED) is 0.770. The highest BCUT2D eigenvalue weighted by atomic mass is 32.1. The Hall–Kier alpha value is -1.09. The molecule has 0 atom stereocenters. The maximum Gasteiger partial charge on any atom is 0.120 e. The molecule has 0 spiro atoms. The lowest BCUT2D eigenvalue weighted by Gasteiger charge is -2.00. The molecule has 0 unspecified atom stereocenters. The first-order chi connectivity index (χ1) is 7.11. The number of nitrogens with zero attached hydrogens (tertiary/aromatic N) is 1. The number of thiazole rings is 1. The first-order valence-corrected chi connectivity index (χ1v) is 5.88. The van der Waals surface area contributed by atoms with Gasteiger partial charge in [0.1, 0.15) is 5.75 Å². The summed E-state index contributed by atoms with van der Waals surface area (Å²) >= 11 is 1.76. The molecule has 0 N–H and O–H groups in total. The smallest absolute Gasteiger partial charge is 0.120 e. The molecule has 2 nitrogen and oxygen atoms in total. The van der Waals surface area contributed by atoms with E-state index in [0.717, 1.165) is 11.3 Å². The van der Waals surface area contributed by atoms with Crippen LogP contribution >= 0.6 is 11.3 Å². The average Bonchev–Trinajstić information content (AvgIpc) is 2.61. The Bertz CT molecular complexity index is 488. The highest BCUT2D eigenvalue weighted by Crippen LogP contribution is 2.32. The van der Waals surface area contributed by atoms with E-state index < -0.39 is 0 Å². The molecule has 0 bridgehead atoms. The van der Waals surface area contributed by atoms with Crippen LogP contribution in [0.4, 0.5) is 0 Å². The normalized spacial score (nSPS) is 11.3. The Labute approximate surface area is 93.9 Å². The molecule has 2 aromatic rings. The topological polar surface area (TPSA) is 22.1 Å². The van der Waals surface area contributed by atoms with Crippen LogP contribution in [0.25, 0.3) is 10.2 Å². The molecule has 0 aliphatic heterocycles. The van der Waals surface area contributed by atoms with Gasteiger partial charge in [-0.15, -0.1) is 11.3 Å². The summed E-state index contributed by atoms with van der Waals surface area (Å²) in [5, 5.41) is 1.20. The number of fused-ring (bicyclic) bond motifs is 1. The molecule has 80 valence electrons. The van der Waals surface area contributed by atoms with Crippen molar-refractivity contribution >= 4 is 21.6 Å². The Morgan fingerprint density at radius 3 is 2.67 bits per heavy atom. The van der Waals surface area contributed by atoms with Gasteiger partial charge in [-0.3, -0.25) is 0 Å². The van der Waals surface area contributed by atoms with Crippen molar-refractivity contribution in [3.8, 4) is 5.75 Å². The van der Waals surface area contributed by atoms with Crippen molar-refractivity contribution in [2.45, 2.75) is 26.7 Å². The molecule has 0 radical (unpaired) electrons. The lowest BCUT2D eigenvalue weighted by Crippen LogP contribution is -1.86. The molecule has 0 saturated carbocycles. The van der Waals surface area contributed by atoms with Crippen molar-refractivity contribution in [3.05, 3.63) is 22.7 Å². The van der Waals surface area contributed by atoms with Gasteiger partial charge in [-0.05, 0) is 24.6 Å². The van der Waals surface area contributed by atoms with E-state index in [1.165, 1.54) is 15.3 Å². The van der Waals surface area contributed by atoms with E-state index in [1.54, 1.807) is 18.4 Å². The molecule has 0 saturated heterocycles. The van der Waals surface area contributed by atoms with Crippen LogP contribution in [-0.2, 0) is 0 Å². The zero-order chi connectivity index (χ0) is 11.0. The standard InChI is InChI=1S/C12H15NOS/c1-7(2)12-13-11-8(3)5-9(14-4)6-10(11)15-12/h5-7H,1-4H3. The lowest BCUT2D eigenvalue weighted by atomic mass is 10.2. The van der Waals surface area contributed by atoms with Gasteiger partial charge >= 0.3 is 0 Å². The van der Waals surface area contributed by atoms with E-state index in [-0.39, 0.29) is 0 Å². The molecule has 0 fully saturated rings. The van der Waals surface area contributed by atoms with E-state index >= 15 is 0 Å². The fourth-order valence-electron chi connectivity index (χ4n) is 1.55. The van der Waals surface area contributed by atoms with Gasteiger partial charge in [0.25, 0.3) is 0 Å². The van der Waals surface area contributed by atoms with Crippen LogP contribution in [0, 0.1) is 6.92 Å². The second-order valence-electron chi connectivity index (χ2n) is 4.00. The van der Waals surface area contributed by atoms with Crippen molar-refractivity contribution < 1.29 is 4.74 Å². The first-order valence-electron chi connectivity index (χ1n) is 5.07. The number of benzene rings is 1. The lowest BCUT2D eigenvalue weighted by molar-refractivity contribution is 0.415. The van der Waals surface area contributed by atoms with Crippen molar-refractivity contribution in [3.63, 3.8) is 0 Å². The van der Waals surface area contributed by atoms with Crippen molar-refractivity contribution in [2.24, 2.45) is 0 Å². The molecular formula is C12H15NOS. The van der Waals surface area contributed by atoms with Crippen LogP contribution in [0.5, 0.6) is 5.75 Å². The minimum absolute atomic E-state index is 0.493. The predicted molar refractivity (Wildman–Crippen MR) is 65.0 cm³/mol. The first kappa shape index (κ1) is 10.4. The maximum atomic E-state index is 5.25.